The van der Waals surface area contributed by atoms with Gasteiger partial charge in [-0.25, -0.2) is 0 Å². The molecule has 82 valence electrons. The summed E-state index contributed by atoms with van der Waals surface area (Å²) in [5.41, 5.74) is 0.0334. The molecule has 0 radical (unpaired) electrons. The summed E-state index contributed by atoms with van der Waals surface area (Å²) < 4.78 is 10.3. The number of methoxy groups -OCH3 is 1. The van der Waals surface area contributed by atoms with Crippen LogP contribution in [-0.2, 0) is 14.3 Å². The van der Waals surface area contributed by atoms with Crippen molar-refractivity contribution in [2.45, 2.75) is 19.8 Å². The Balaban J connectivity index is 2.46. The molecule has 0 aromatic carbocycles. The van der Waals surface area contributed by atoms with Crippen LogP contribution in [0.15, 0.2) is 0 Å². The van der Waals surface area contributed by atoms with Gasteiger partial charge in [0, 0.05) is 19.4 Å². The number of carbonyl (C=O) groups excluding carboxylic acids is 1. The second kappa shape index (κ2) is 5.32. The standard InChI is InChI=1S/C10H19NO3/c1-9(12)14-8-10(7-13-2)3-5-11-6-4-10/h11H,3-8H2,1-2H3. The third kappa shape index (κ3) is 3.27. The Labute approximate surface area is 85.0 Å². The molecule has 1 aliphatic rings. The molecule has 0 unspecified atom stereocenters. The van der Waals surface area contributed by atoms with Gasteiger partial charge in [-0.1, -0.05) is 0 Å². The van der Waals surface area contributed by atoms with Gasteiger partial charge in [-0.3, -0.25) is 4.79 Å². The van der Waals surface area contributed by atoms with Crippen LogP contribution in [0.1, 0.15) is 19.8 Å². The predicted molar refractivity (Wildman–Crippen MR) is 53.0 cm³/mol. The molecule has 0 atom stereocenters. The molecule has 0 spiro atoms. The van der Waals surface area contributed by atoms with Crippen molar-refractivity contribution in [3.63, 3.8) is 0 Å². The average molecular weight is 201 g/mol. The molecular formula is C10H19NO3. The molecule has 0 amide bonds. The van der Waals surface area contributed by atoms with Gasteiger partial charge >= 0.3 is 5.97 Å². The van der Waals surface area contributed by atoms with Crippen LogP contribution in [-0.4, -0.2) is 39.4 Å². The maximum atomic E-state index is 10.8. The maximum Gasteiger partial charge on any atom is 0.302 e. The van der Waals surface area contributed by atoms with Gasteiger partial charge in [0.25, 0.3) is 0 Å². The smallest absolute Gasteiger partial charge is 0.302 e. The SMILES string of the molecule is COCC1(COC(C)=O)CCNCC1. The minimum Gasteiger partial charge on any atom is -0.465 e. The van der Waals surface area contributed by atoms with E-state index in [4.69, 9.17) is 9.47 Å². The number of carbonyl (C=O) groups is 1. The lowest BCUT2D eigenvalue weighted by molar-refractivity contribution is -0.146. The van der Waals surface area contributed by atoms with Crippen molar-refractivity contribution in [3.05, 3.63) is 0 Å². The quantitative estimate of drug-likeness (QED) is 0.675. The summed E-state index contributed by atoms with van der Waals surface area (Å²) in [5.74, 6) is -0.209. The highest BCUT2D eigenvalue weighted by atomic mass is 16.5. The van der Waals surface area contributed by atoms with Crippen molar-refractivity contribution >= 4 is 5.97 Å². The number of esters is 1. The molecule has 14 heavy (non-hydrogen) atoms. The molecule has 1 fully saturated rings. The Morgan fingerprint density at radius 2 is 2.00 bits per heavy atom. The van der Waals surface area contributed by atoms with Gasteiger partial charge in [-0.2, -0.15) is 0 Å². The summed E-state index contributed by atoms with van der Waals surface area (Å²) in [6, 6.07) is 0. The third-order valence-electron chi connectivity index (χ3n) is 2.70. The van der Waals surface area contributed by atoms with Crippen molar-refractivity contribution < 1.29 is 14.3 Å². The number of hydrogen-bond donors (Lipinski definition) is 1. The molecule has 0 aromatic rings. The Hall–Kier alpha value is -0.610. The first kappa shape index (κ1) is 11.5. The molecular weight excluding hydrogens is 182 g/mol. The largest absolute Gasteiger partial charge is 0.465 e. The van der Waals surface area contributed by atoms with Gasteiger partial charge in [0.05, 0.1) is 13.2 Å². The van der Waals surface area contributed by atoms with Gasteiger partial charge < -0.3 is 14.8 Å². The second-order valence-electron chi connectivity index (χ2n) is 3.96. The van der Waals surface area contributed by atoms with E-state index in [-0.39, 0.29) is 11.4 Å². The molecule has 0 bridgehead atoms. The molecule has 1 saturated heterocycles. The Kier molecular flexibility index (Phi) is 4.35. The topological polar surface area (TPSA) is 47.6 Å². The van der Waals surface area contributed by atoms with Crippen LogP contribution in [0, 0.1) is 5.41 Å². The van der Waals surface area contributed by atoms with E-state index >= 15 is 0 Å². The van der Waals surface area contributed by atoms with E-state index < -0.39 is 0 Å². The van der Waals surface area contributed by atoms with Crippen molar-refractivity contribution in [2.75, 3.05) is 33.4 Å². The summed E-state index contributed by atoms with van der Waals surface area (Å²) in [6.45, 7) is 4.55. The average Bonchev–Trinajstić information content (AvgIpc) is 2.17. The van der Waals surface area contributed by atoms with Crippen LogP contribution in [0.3, 0.4) is 0 Å². The lowest BCUT2D eigenvalue weighted by Gasteiger charge is -2.36. The predicted octanol–water partition coefficient (Wildman–Crippen LogP) is 0.566. The summed E-state index contributed by atoms with van der Waals surface area (Å²) >= 11 is 0. The van der Waals surface area contributed by atoms with E-state index in [2.05, 4.69) is 5.32 Å². The normalized spacial score (nSPS) is 20.4. The van der Waals surface area contributed by atoms with E-state index in [1.807, 2.05) is 0 Å². The van der Waals surface area contributed by atoms with E-state index in [0.717, 1.165) is 25.9 Å². The maximum absolute atomic E-state index is 10.8. The fourth-order valence-electron chi connectivity index (χ4n) is 1.85. The number of rotatable bonds is 4. The van der Waals surface area contributed by atoms with Crippen molar-refractivity contribution in [2.24, 2.45) is 5.41 Å². The first-order valence-corrected chi connectivity index (χ1v) is 5.02. The number of hydrogen-bond acceptors (Lipinski definition) is 4. The summed E-state index contributed by atoms with van der Waals surface area (Å²) in [6.07, 6.45) is 2.02. The molecule has 4 nitrogen and oxygen atoms in total. The fourth-order valence-corrected chi connectivity index (χ4v) is 1.85. The number of nitrogens with one attached hydrogen (secondary N) is 1. The highest BCUT2D eigenvalue weighted by molar-refractivity contribution is 5.65. The van der Waals surface area contributed by atoms with Crippen LogP contribution < -0.4 is 5.32 Å². The van der Waals surface area contributed by atoms with Gasteiger partial charge in [-0.15, -0.1) is 0 Å². The highest BCUT2D eigenvalue weighted by Gasteiger charge is 2.33. The van der Waals surface area contributed by atoms with Crippen LogP contribution in [0.25, 0.3) is 0 Å². The summed E-state index contributed by atoms with van der Waals surface area (Å²) in [4.78, 5) is 10.8. The second-order valence-corrected chi connectivity index (χ2v) is 3.96. The lowest BCUT2D eigenvalue weighted by Crippen LogP contribution is -2.43. The van der Waals surface area contributed by atoms with Crippen LogP contribution in [0.4, 0.5) is 0 Å². The Morgan fingerprint density at radius 1 is 1.36 bits per heavy atom. The zero-order valence-corrected chi connectivity index (χ0v) is 8.97. The highest BCUT2D eigenvalue weighted by Crippen LogP contribution is 2.29. The van der Waals surface area contributed by atoms with Crippen LogP contribution >= 0.6 is 0 Å². The first-order chi connectivity index (χ1) is 6.68. The van der Waals surface area contributed by atoms with E-state index in [1.54, 1.807) is 7.11 Å². The molecule has 0 aliphatic carbocycles. The van der Waals surface area contributed by atoms with Crippen LogP contribution in [0.2, 0.25) is 0 Å². The van der Waals surface area contributed by atoms with Gasteiger partial charge in [-0.05, 0) is 25.9 Å². The molecule has 1 rings (SSSR count). The fraction of sp³-hybridized carbons (Fsp3) is 0.900. The number of ether oxygens (including phenoxy) is 2. The molecule has 1 aliphatic heterocycles. The van der Waals surface area contributed by atoms with Crippen LogP contribution in [0.5, 0.6) is 0 Å². The number of piperidine rings is 1. The molecule has 0 saturated carbocycles. The molecule has 1 heterocycles. The van der Waals surface area contributed by atoms with E-state index in [0.29, 0.717) is 13.2 Å². The minimum atomic E-state index is -0.209. The summed E-state index contributed by atoms with van der Waals surface area (Å²) in [7, 11) is 1.69. The minimum absolute atomic E-state index is 0.0334. The van der Waals surface area contributed by atoms with Crippen molar-refractivity contribution in [3.8, 4) is 0 Å². The van der Waals surface area contributed by atoms with Crippen molar-refractivity contribution in [1.29, 1.82) is 0 Å². The third-order valence-corrected chi connectivity index (χ3v) is 2.70. The first-order valence-electron chi connectivity index (χ1n) is 5.02. The zero-order chi connectivity index (χ0) is 10.4. The molecule has 1 N–H and O–H groups in total. The van der Waals surface area contributed by atoms with E-state index in [1.165, 1.54) is 6.92 Å². The van der Waals surface area contributed by atoms with E-state index in [9.17, 15) is 4.79 Å². The van der Waals surface area contributed by atoms with Crippen molar-refractivity contribution in [1.82, 2.24) is 5.32 Å². The zero-order valence-electron chi connectivity index (χ0n) is 8.97. The monoisotopic (exact) mass is 201 g/mol. The summed E-state index contributed by atoms with van der Waals surface area (Å²) in [5, 5.41) is 3.29. The van der Waals surface area contributed by atoms with Gasteiger partial charge in [0.1, 0.15) is 0 Å². The van der Waals surface area contributed by atoms with Gasteiger partial charge in [0.2, 0.25) is 0 Å². The van der Waals surface area contributed by atoms with Gasteiger partial charge in [0.15, 0.2) is 0 Å². The lowest BCUT2D eigenvalue weighted by atomic mass is 9.80. The Morgan fingerprint density at radius 3 is 2.50 bits per heavy atom. The molecule has 0 aromatic heterocycles. The Bertz CT molecular complexity index is 182. The molecule has 4 heteroatoms.